The number of likely N-dealkylation sites (tertiary alicyclic amines) is 1. The second-order valence-electron chi connectivity index (χ2n) is 9.44. The predicted octanol–water partition coefficient (Wildman–Crippen LogP) is 5.14. The van der Waals surface area contributed by atoms with Crippen molar-refractivity contribution in [3.8, 4) is 16.9 Å². The van der Waals surface area contributed by atoms with Gasteiger partial charge in [0.1, 0.15) is 11.6 Å². The van der Waals surface area contributed by atoms with Crippen molar-refractivity contribution in [2.45, 2.75) is 46.6 Å². The largest absolute Gasteiger partial charge is 0.481 e. The van der Waals surface area contributed by atoms with Crippen LogP contribution in [0.5, 0.6) is 5.75 Å². The van der Waals surface area contributed by atoms with E-state index in [1.54, 1.807) is 37.1 Å². The number of aryl methyl sites for hydroxylation is 2. The first kappa shape index (κ1) is 23.7. The fourth-order valence-corrected chi connectivity index (χ4v) is 4.87. The van der Waals surface area contributed by atoms with E-state index in [9.17, 15) is 19.1 Å². The Morgan fingerprint density at radius 1 is 1.18 bits per heavy atom. The molecule has 1 aliphatic rings. The lowest BCUT2D eigenvalue weighted by atomic mass is 9.82. The van der Waals surface area contributed by atoms with Crippen molar-refractivity contribution >= 4 is 22.8 Å². The molecule has 1 aromatic heterocycles. The zero-order chi connectivity index (χ0) is 24.6. The van der Waals surface area contributed by atoms with Crippen LogP contribution < -0.4 is 4.74 Å². The van der Waals surface area contributed by atoms with Crippen molar-refractivity contribution in [2.75, 3.05) is 13.1 Å². The number of carboxylic acid groups (broad SMARTS) is 1. The molecular formula is C27H29FN2O4. The number of halogens is 1. The van der Waals surface area contributed by atoms with Gasteiger partial charge in [0.25, 0.3) is 5.91 Å². The molecule has 4 rings (SSSR count). The molecule has 0 saturated carbocycles. The third kappa shape index (κ3) is 4.47. The van der Waals surface area contributed by atoms with E-state index in [4.69, 9.17) is 4.74 Å². The Kier molecular flexibility index (Phi) is 6.30. The summed E-state index contributed by atoms with van der Waals surface area (Å²) in [6.45, 7) is 7.82. The monoisotopic (exact) mass is 464 g/mol. The summed E-state index contributed by atoms with van der Waals surface area (Å²) in [6.07, 6.45) is 2.14. The van der Waals surface area contributed by atoms with Gasteiger partial charge in [0.15, 0.2) is 6.10 Å². The highest BCUT2D eigenvalue weighted by Crippen LogP contribution is 2.35. The molecule has 1 fully saturated rings. The minimum absolute atomic E-state index is 0.174. The summed E-state index contributed by atoms with van der Waals surface area (Å²) in [5.74, 6) is -0.875. The van der Waals surface area contributed by atoms with Gasteiger partial charge in [-0.15, -0.1) is 0 Å². The van der Waals surface area contributed by atoms with Gasteiger partial charge in [-0.3, -0.25) is 14.6 Å². The van der Waals surface area contributed by atoms with Gasteiger partial charge in [-0.25, -0.2) is 4.39 Å². The van der Waals surface area contributed by atoms with Gasteiger partial charge in [-0.1, -0.05) is 0 Å². The number of hydrogen-bond donors (Lipinski definition) is 1. The highest BCUT2D eigenvalue weighted by molar-refractivity contribution is 5.96. The molecule has 7 heteroatoms. The van der Waals surface area contributed by atoms with Crippen LogP contribution in [-0.4, -0.2) is 46.1 Å². The smallest absolute Gasteiger partial charge is 0.311 e. The summed E-state index contributed by atoms with van der Waals surface area (Å²) in [7, 11) is 0. The molecule has 0 radical (unpaired) electrons. The van der Waals surface area contributed by atoms with Gasteiger partial charge in [-0.2, -0.15) is 0 Å². The Labute approximate surface area is 198 Å². The number of amides is 1. The van der Waals surface area contributed by atoms with Crippen molar-refractivity contribution in [1.82, 2.24) is 9.88 Å². The fraction of sp³-hybridized carbons (Fsp3) is 0.370. The molecule has 2 aromatic carbocycles. The van der Waals surface area contributed by atoms with Gasteiger partial charge in [0, 0.05) is 30.7 Å². The number of hydrogen-bond acceptors (Lipinski definition) is 4. The third-order valence-corrected chi connectivity index (χ3v) is 6.67. The SMILES string of the molecule is Cc1cc(F)cc(C)c1-c1ccnc2cc(O[C@H](C)C(=O)N3CCC[C@](C)(C(=O)O)C3)ccc12. The second-order valence-corrected chi connectivity index (χ2v) is 9.44. The van der Waals surface area contributed by atoms with Gasteiger partial charge >= 0.3 is 5.97 Å². The van der Waals surface area contributed by atoms with Crippen LogP contribution in [0.15, 0.2) is 42.6 Å². The van der Waals surface area contributed by atoms with E-state index in [2.05, 4.69) is 4.98 Å². The maximum Gasteiger partial charge on any atom is 0.311 e. The molecule has 178 valence electrons. The van der Waals surface area contributed by atoms with Crippen molar-refractivity contribution in [1.29, 1.82) is 0 Å². The third-order valence-electron chi connectivity index (χ3n) is 6.67. The Morgan fingerprint density at radius 2 is 1.88 bits per heavy atom. The number of nitrogens with zero attached hydrogens (tertiary/aromatic N) is 2. The van der Waals surface area contributed by atoms with Crippen LogP contribution in [0.3, 0.4) is 0 Å². The number of carbonyl (C=O) groups is 2. The highest BCUT2D eigenvalue weighted by atomic mass is 19.1. The molecule has 0 bridgehead atoms. The van der Waals surface area contributed by atoms with E-state index in [1.165, 1.54) is 12.1 Å². The maximum atomic E-state index is 13.8. The molecule has 1 aliphatic heterocycles. The van der Waals surface area contributed by atoms with Crippen molar-refractivity contribution < 1.29 is 23.8 Å². The summed E-state index contributed by atoms with van der Waals surface area (Å²) in [4.78, 5) is 30.7. The average molecular weight is 465 g/mol. The van der Waals surface area contributed by atoms with Crippen molar-refractivity contribution in [3.05, 3.63) is 59.5 Å². The number of rotatable bonds is 5. The van der Waals surface area contributed by atoms with Crippen LogP contribution in [0.25, 0.3) is 22.0 Å². The van der Waals surface area contributed by atoms with Crippen molar-refractivity contribution in [2.24, 2.45) is 5.41 Å². The van der Waals surface area contributed by atoms with Crippen LogP contribution in [0.4, 0.5) is 4.39 Å². The number of fused-ring (bicyclic) bond motifs is 1. The number of piperidine rings is 1. The molecule has 1 N–H and O–H groups in total. The van der Waals surface area contributed by atoms with Crippen LogP contribution in [0.1, 0.15) is 37.8 Å². The fourth-order valence-electron chi connectivity index (χ4n) is 4.87. The quantitative estimate of drug-likeness (QED) is 0.566. The lowest BCUT2D eigenvalue weighted by molar-refractivity contribution is -0.155. The minimum Gasteiger partial charge on any atom is -0.481 e. The first-order valence-corrected chi connectivity index (χ1v) is 11.4. The zero-order valence-electron chi connectivity index (χ0n) is 19.9. The molecule has 0 aliphatic carbocycles. The molecule has 1 saturated heterocycles. The number of ether oxygens (including phenoxy) is 1. The number of aliphatic carboxylic acids is 1. The maximum absolute atomic E-state index is 13.8. The molecule has 1 amide bonds. The van der Waals surface area contributed by atoms with Crippen LogP contribution in [-0.2, 0) is 9.59 Å². The normalized spacial score (nSPS) is 19.1. The van der Waals surface area contributed by atoms with Crippen molar-refractivity contribution in [3.63, 3.8) is 0 Å². The molecule has 2 heterocycles. The number of pyridine rings is 1. The predicted molar refractivity (Wildman–Crippen MR) is 128 cm³/mol. The molecule has 0 unspecified atom stereocenters. The number of carboxylic acids is 1. The van der Waals surface area contributed by atoms with E-state index in [0.29, 0.717) is 30.7 Å². The number of benzene rings is 2. The second kappa shape index (κ2) is 9.05. The number of carbonyl (C=O) groups excluding carboxylic acids is 1. The molecule has 2 atom stereocenters. The topological polar surface area (TPSA) is 79.7 Å². The Hall–Kier alpha value is -3.48. The van der Waals surface area contributed by atoms with Gasteiger partial charge in [0.2, 0.25) is 0 Å². The van der Waals surface area contributed by atoms with Crippen LogP contribution in [0.2, 0.25) is 0 Å². The van der Waals surface area contributed by atoms with Gasteiger partial charge in [0.05, 0.1) is 10.9 Å². The van der Waals surface area contributed by atoms with E-state index in [-0.39, 0.29) is 18.3 Å². The lowest BCUT2D eigenvalue weighted by Crippen LogP contribution is -2.51. The van der Waals surface area contributed by atoms with Gasteiger partial charge in [-0.05, 0) is 93.1 Å². The summed E-state index contributed by atoms with van der Waals surface area (Å²) < 4.78 is 19.8. The van der Waals surface area contributed by atoms with Gasteiger partial charge < -0.3 is 14.7 Å². The standard InChI is InChI=1S/C27H29FN2O4/c1-16-12-19(28)13-17(2)24(16)22-8-10-29-23-14-20(6-7-21(22)23)34-18(3)25(31)30-11-5-9-27(4,15-30)26(32)33/h6-8,10,12-14,18H,5,9,11,15H2,1-4H3,(H,32,33)/t18-,27+/m1/s1. The molecule has 3 aromatic rings. The average Bonchev–Trinajstić information content (AvgIpc) is 2.77. The first-order chi connectivity index (χ1) is 16.1. The summed E-state index contributed by atoms with van der Waals surface area (Å²) in [5, 5.41) is 10.4. The molecular weight excluding hydrogens is 435 g/mol. The molecule has 6 nitrogen and oxygen atoms in total. The van der Waals surface area contributed by atoms with E-state index < -0.39 is 17.5 Å². The zero-order valence-corrected chi connectivity index (χ0v) is 19.9. The van der Waals surface area contributed by atoms with E-state index in [1.807, 2.05) is 26.0 Å². The lowest BCUT2D eigenvalue weighted by Gasteiger charge is -2.38. The minimum atomic E-state index is -0.937. The Balaban J connectivity index is 1.57. The molecule has 0 spiro atoms. The van der Waals surface area contributed by atoms with E-state index in [0.717, 1.165) is 27.6 Å². The number of aromatic nitrogens is 1. The summed E-state index contributed by atoms with van der Waals surface area (Å²) >= 11 is 0. The summed E-state index contributed by atoms with van der Waals surface area (Å²) in [5.41, 5.74) is 3.38. The van der Waals surface area contributed by atoms with Crippen LogP contribution in [0, 0.1) is 25.1 Å². The van der Waals surface area contributed by atoms with Crippen LogP contribution >= 0.6 is 0 Å². The first-order valence-electron chi connectivity index (χ1n) is 11.4. The Bertz CT molecular complexity index is 1250. The summed E-state index contributed by atoms with van der Waals surface area (Å²) in [6, 6.07) is 10.4. The molecule has 34 heavy (non-hydrogen) atoms. The van der Waals surface area contributed by atoms with E-state index >= 15 is 0 Å². The Morgan fingerprint density at radius 3 is 2.56 bits per heavy atom. The highest BCUT2D eigenvalue weighted by Gasteiger charge is 2.40.